The van der Waals surface area contributed by atoms with Gasteiger partial charge in [0.2, 0.25) is 0 Å². The highest BCUT2D eigenvalue weighted by molar-refractivity contribution is 5.83. The first-order chi connectivity index (χ1) is 10.7. The maximum Gasteiger partial charge on any atom is 0.120 e. The van der Waals surface area contributed by atoms with Gasteiger partial charge in [0.25, 0.3) is 0 Å². The monoisotopic (exact) mass is 300 g/mol. The molecule has 0 unspecified atom stereocenters. The molecule has 1 aliphatic heterocycles. The topological polar surface area (TPSA) is 35.9 Å². The summed E-state index contributed by atoms with van der Waals surface area (Å²) >= 11 is 0. The minimum absolute atomic E-state index is 0.338. The lowest BCUT2D eigenvalue weighted by atomic mass is 10.1. The van der Waals surface area contributed by atoms with Crippen molar-refractivity contribution in [2.24, 2.45) is 0 Å². The second-order valence-electron chi connectivity index (χ2n) is 6.08. The lowest BCUT2D eigenvalue weighted by Crippen LogP contribution is -2.47. The van der Waals surface area contributed by atoms with Crippen LogP contribution >= 0.6 is 0 Å². The Bertz CT molecular complexity index is 609. The van der Waals surface area contributed by atoms with Crippen LogP contribution in [-0.2, 0) is 0 Å². The molecule has 3 rings (SSSR count). The van der Waals surface area contributed by atoms with Crippen molar-refractivity contribution in [3.8, 4) is 5.75 Å². The first-order valence-corrected chi connectivity index (χ1v) is 7.91. The average molecular weight is 300 g/mol. The molecular formula is C18H24N2O2. The van der Waals surface area contributed by atoms with Gasteiger partial charge in [-0.3, -0.25) is 4.90 Å². The van der Waals surface area contributed by atoms with E-state index in [0.717, 1.165) is 37.3 Å². The standard InChI is InChI=1S/C18H24N2O2/c1-19-8-10-20(11-9-19)13-17(21)14-22-18-7-6-15-4-2-3-5-16(15)12-18/h2-7,12,17,21H,8-11,13-14H2,1H3/t17-/m1/s1. The molecule has 1 fully saturated rings. The minimum Gasteiger partial charge on any atom is -0.491 e. The van der Waals surface area contributed by atoms with Crippen molar-refractivity contribution in [3.05, 3.63) is 42.5 Å². The number of β-amino-alcohol motifs (C(OH)–C–C–N with tert-alkyl or cyclic N) is 1. The number of nitrogens with zero attached hydrogens (tertiary/aromatic N) is 2. The van der Waals surface area contributed by atoms with E-state index in [2.05, 4.69) is 35.0 Å². The van der Waals surface area contributed by atoms with Crippen LogP contribution in [0.1, 0.15) is 0 Å². The van der Waals surface area contributed by atoms with E-state index in [9.17, 15) is 5.11 Å². The second-order valence-corrected chi connectivity index (χ2v) is 6.08. The van der Waals surface area contributed by atoms with Gasteiger partial charge in [0, 0.05) is 32.7 Å². The highest BCUT2D eigenvalue weighted by Gasteiger charge is 2.17. The van der Waals surface area contributed by atoms with Crippen LogP contribution in [0.3, 0.4) is 0 Å². The van der Waals surface area contributed by atoms with E-state index < -0.39 is 6.10 Å². The van der Waals surface area contributed by atoms with Gasteiger partial charge in [-0.15, -0.1) is 0 Å². The molecule has 0 saturated carbocycles. The lowest BCUT2D eigenvalue weighted by molar-refractivity contribution is 0.0505. The number of ether oxygens (including phenoxy) is 1. The first kappa shape index (κ1) is 15.3. The Morgan fingerprint density at radius 2 is 1.77 bits per heavy atom. The highest BCUT2D eigenvalue weighted by Crippen LogP contribution is 2.20. The zero-order valence-electron chi connectivity index (χ0n) is 13.1. The predicted molar refractivity (Wildman–Crippen MR) is 89.4 cm³/mol. The van der Waals surface area contributed by atoms with Gasteiger partial charge < -0.3 is 14.7 Å². The van der Waals surface area contributed by atoms with Crippen molar-refractivity contribution < 1.29 is 9.84 Å². The van der Waals surface area contributed by atoms with Crippen LogP contribution in [0, 0.1) is 0 Å². The molecule has 1 atom stereocenters. The number of likely N-dealkylation sites (N-methyl/N-ethyl adjacent to an activating group) is 1. The van der Waals surface area contributed by atoms with Crippen molar-refractivity contribution in [1.82, 2.24) is 9.80 Å². The zero-order valence-corrected chi connectivity index (χ0v) is 13.1. The maximum absolute atomic E-state index is 10.2. The number of fused-ring (bicyclic) bond motifs is 1. The van der Waals surface area contributed by atoms with Crippen LogP contribution in [0.4, 0.5) is 0 Å². The number of piperazine rings is 1. The Morgan fingerprint density at radius 3 is 2.55 bits per heavy atom. The SMILES string of the molecule is CN1CCN(C[C@@H](O)COc2ccc3ccccc3c2)CC1. The molecule has 2 aromatic carbocycles. The number of benzene rings is 2. The molecule has 4 heteroatoms. The van der Waals surface area contributed by atoms with E-state index in [1.807, 2.05) is 24.3 Å². The van der Waals surface area contributed by atoms with Crippen molar-refractivity contribution in [1.29, 1.82) is 0 Å². The van der Waals surface area contributed by atoms with Crippen LogP contribution in [0.15, 0.2) is 42.5 Å². The predicted octanol–water partition coefficient (Wildman–Crippen LogP) is 1.83. The molecule has 0 aliphatic carbocycles. The lowest BCUT2D eigenvalue weighted by Gasteiger charge is -2.33. The molecule has 4 nitrogen and oxygen atoms in total. The molecule has 0 amide bonds. The fraction of sp³-hybridized carbons (Fsp3) is 0.444. The third-order valence-corrected chi connectivity index (χ3v) is 4.23. The van der Waals surface area contributed by atoms with Gasteiger partial charge in [-0.1, -0.05) is 30.3 Å². The largest absolute Gasteiger partial charge is 0.491 e. The quantitative estimate of drug-likeness (QED) is 0.914. The van der Waals surface area contributed by atoms with Crippen LogP contribution in [0.2, 0.25) is 0 Å². The van der Waals surface area contributed by atoms with Gasteiger partial charge in [0.05, 0.1) is 0 Å². The summed E-state index contributed by atoms with van der Waals surface area (Å²) in [6.07, 6.45) is -0.449. The van der Waals surface area contributed by atoms with Crippen LogP contribution in [0.25, 0.3) is 10.8 Å². The summed E-state index contributed by atoms with van der Waals surface area (Å²) in [5.74, 6) is 0.816. The molecule has 1 aliphatic rings. The van der Waals surface area contributed by atoms with E-state index in [1.165, 1.54) is 5.39 Å². The summed E-state index contributed by atoms with van der Waals surface area (Å²) in [5.41, 5.74) is 0. The van der Waals surface area contributed by atoms with Crippen LogP contribution in [-0.4, -0.2) is 67.4 Å². The number of rotatable bonds is 5. The minimum atomic E-state index is -0.449. The van der Waals surface area contributed by atoms with Crippen molar-refractivity contribution in [3.63, 3.8) is 0 Å². The van der Waals surface area contributed by atoms with Gasteiger partial charge >= 0.3 is 0 Å². The van der Waals surface area contributed by atoms with Gasteiger partial charge in [-0.05, 0) is 30.0 Å². The molecule has 0 aromatic heterocycles. The third-order valence-electron chi connectivity index (χ3n) is 4.23. The highest BCUT2D eigenvalue weighted by atomic mass is 16.5. The number of hydrogen-bond donors (Lipinski definition) is 1. The summed E-state index contributed by atoms with van der Waals surface area (Å²) < 4.78 is 5.75. The zero-order chi connectivity index (χ0) is 15.4. The fourth-order valence-corrected chi connectivity index (χ4v) is 2.83. The smallest absolute Gasteiger partial charge is 0.120 e. The van der Waals surface area contributed by atoms with Gasteiger partial charge in [-0.2, -0.15) is 0 Å². The Kier molecular flexibility index (Phi) is 4.93. The van der Waals surface area contributed by atoms with Crippen molar-refractivity contribution in [2.45, 2.75) is 6.10 Å². The summed E-state index contributed by atoms with van der Waals surface area (Å²) in [7, 11) is 2.14. The van der Waals surface area contributed by atoms with Crippen LogP contribution < -0.4 is 4.74 Å². The Balaban J connectivity index is 1.50. The first-order valence-electron chi connectivity index (χ1n) is 7.91. The van der Waals surface area contributed by atoms with Gasteiger partial charge in [-0.25, -0.2) is 0 Å². The van der Waals surface area contributed by atoms with E-state index in [1.54, 1.807) is 0 Å². The maximum atomic E-state index is 10.2. The van der Waals surface area contributed by atoms with Gasteiger partial charge in [0.1, 0.15) is 18.5 Å². The van der Waals surface area contributed by atoms with Crippen molar-refractivity contribution >= 4 is 10.8 Å². The molecule has 2 aromatic rings. The second kappa shape index (κ2) is 7.09. The fourth-order valence-electron chi connectivity index (χ4n) is 2.83. The van der Waals surface area contributed by atoms with Crippen molar-refractivity contribution in [2.75, 3.05) is 46.4 Å². The molecular weight excluding hydrogens is 276 g/mol. The normalized spacial score (nSPS) is 18.5. The molecule has 1 saturated heterocycles. The number of aliphatic hydroxyl groups excluding tert-OH is 1. The molecule has 1 heterocycles. The average Bonchev–Trinajstić information content (AvgIpc) is 2.55. The number of hydrogen-bond acceptors (Lipinski definition) is 4. The number of aliphatic hydroxyl groups is 1. The molecule has 0 bridgehead atoms. The summed E-state index contributed by atoms with van der Waals surface area (Å²) in [4.78, 5) is 4.61. The Labute approximate surface area is 131 Å². The van der Waals surface area contributed by atoms with Crippen LogP contribution in [0.5, 0.6) is 5.75 Å². The molecule has 0 spiro atoms. The molecule has 1 N–H and O–H groups in total. The summed E-state index contributed by atoms with van der Waals surface area (Å²) in [6.45, 7) is 5.19. The molecule has 22 heavy (non-hydrogen) atoms. The Morgan fingerprint density at radius 1 is 1.05 bits per heavy atom. The van der Waals surface area contributed by atoms with E-state index in [-0.39, 0.29) is 0 Å². The molecule has 118 valence electrons. The summed E-state index contributed by atoms with van der Waals surface area (Å²) in [5, 5.41) is 12.5. The van der Waals surface area contributed by atoms with E-state index in [0.29, 0.717) is 13.2 Å². The van der Waals surface area contributed by atoms with E-state index in [4.69, 9.17) is 4.74 Å². The van der Waals surface area contributed by atoms with E-state index >= 15 is 0 Å². The van der Waals surface area contributed by atoms with Gasteiger partial charge in [0.15, 0.2) is 0 Å². The molecule has 0 radical (unpaired) electrons. The summed E-state index contributed by atoms with van der Waals surface area (Å²) in [6, 6.07) is 14.3. The third kappa shape index (κ3) is 3.97. The Hall–Kier alpha value is -1.62.